The van der Waals surface area contributed by atoms with Gasteiger partial charge in [0.1, 0.15) is 22.8 Å². The largest absolute Gasteiger partial charge is 0.458 e. The summed E-state index contributed by atoms with van der Waals surface area (Å²) in [4.78, 5) is 2.22. The van der Waals surface area contributed by atoms with E-state index in [4.69, 9.17) is 4.42 Å². The number of nitrogens with zero attached hydrogens (tertiary/aromatic N) is 1. The van der Waals surface area contributed by atoms with Crippen LogP contribution in [0.5, 0.6) is 0 Å². The van der Waals surface area contributed by atoms with Crippen LogP contribution in [0.3, 0.4) is 0 Å². The Balaban J connectivity index is 1.99. The molecule has 1 N–H and O–H groups in total. The van der Waals surface area contributed by atoms with E-state index in [1.807, 2.05) is 0 Å². The highest BCUT2D eigenvalue weighted by molar-refractivity contribution is 5.78. The quantitative estimate of drug-likeness (QED) is 0.859. The fourth-order valence-corrected chi connectivity index (χ4v) is 2.80. The zero-order valence-electron chi connectivity index (χ0n) is 11.2. The Kier molecular flexibility index (Phi) is 2.87. The average molecular weight is 263 g/mol. The molecule has 1 fully saturated rings. The average Bonchev–Trinajstić information content (AvgIpc) is 2.78. The predicted molar refractivity (Wildman–Crippen MR) is 71.4 cm³/mol. The summed E-state index contributed by atoms with van der Waals surface area (Å²) in [5.74, 6) is 0.261. The lowest BCUT2D eigenvalue weighted by Gasteiger charge is -2.39. The molecule has 1 saturated heterocycles. The molecule has 0 aliphatic carbocycles. The van der Waals surface area contributed by atoms with E-state index in [-0.39, 0.29) is 5.82 Å². The van der Waals surface area contributed by atoms with E-state index < -0.39 is 5.60 Å². The van der Waals surface area contributed by atoms with Crippen LogP contribution in [0.4, 0.5) is 4.39 Å². The van der Waals surface area contributed by atoms with Gasteiger partial charge in [0.05, 0.1) is 0 Å². The van der Waals surface area contributed by atoms with Crippen molar-refractivity contribution in [1.29, 1.82) is 0 Å². The summed E-state index contributed by atoms with van der Waals surface area (Å²) in [6, 6.07) is 6.47. The van der Waals surface area contributed by atoms with Gasteiger partial charge in [-0.2, -0.15) is 0 Å². The van der Waals surface area contributed by atoms with Gasteiger partial charge < -0.3 is 14.4 Å². The van der Waals surface area contributed by atoms with Gasteiger partial charge in [0.15, 0.2) is 0 Å². The molecule has 1 aromatic carbocycles. The zero-order valence-corrected chi connectivity index (χ0v) is 11.2. The van der Waals surface area contributed by atoms with Gasteiger partial charge >= 0.3 is 0 Å². The van der Waals surface area contributed by atoms with Crippen LogP contribution in [0.25, 0.3) is 11.0 Å². The van der Waals surface area contributed by atoms with Crippen LogP contribution in [-0.4, -0.2) is 29.6 Å². The normalized spacial score (nSPS) is 28.9. The molecule has 0 saturated carbocycles. The van der Waals surface area contributed by atoms with Gasteiger partial charge in [0, 0.05) is 18.0 Å². The van der Waals surface area contributed by atoms with Crippen molar-refractivity contribution in [2.45, 2.75) is 31.4 Å². The SMILES string of the molecule is CC1CC(O)(c2cc3cc(F)ccc3o2)CCN1C. The minimum Gasteiger partial charge on any atom is -0.458 e. The van der Waals surface area contributed by atoms with Crippen molar-refractivity contribution in [1.82, 2.24) is 4.90 Å². The molecule has 3 rings (SSSR count). The molecule has 1 aliphatic heterocycles. The van der Waals surface area contributed by atoms with Crippen molar-refractivity contribution in [3.63, 3.8) is 0 Å². The number of hydrogen-bond acceptors (Lipinski definition) is 3. The molecule has 2 heterocycles. The van der Waals surface area contributed by atoms with Crippen LogP contribution in [0, 0.1) is 5.82 Å². The maximum Gasteiger partial charge on any atom is 0.137 e. The minimum absolute atomic E-state index is 0.288. The van der Waals surface area contributed by atoms with Crippen LogP contribution in [0.1, 0.15) is 25.5 Å². The van der Waals surface area contributed by atoms with Crippen molar-refractivity contribution in [2.75, 3.05) is 13.6 Å². The van der Waals surface area contributed by atoms with Crippen LogP contribution < -0.4 is 0 Å². The molecular weight excluding hydrogens is 245 g/mol. The highest BCUT2D eigenvalue weighted by Crippen LogP contribution is 2.38. The van der Waals surface area contributed by atoms with Gasteiger partial charge in [-0.3, -0.25) is 0 Å². The summed E-state index contributed by atoms with van der Waals surface area (Å²) < 4.78 is 18.9. The lowest BCUT2D eigenvalue weighted by Crippen LogP contribution is -2.45. The van der Waals surface area contributed by atoms with Crippen LogP contribution in [0.15, 0.2) is 28.7 Å². The highest BCUT2D eigenvalue weighted by atomic mass is 19.1. The van der Waals surface area contributed by atoms with E-state index >= 15 is 0 Å². The molecule has 0 bridgehead atoms. The first-order chi connectivity index (χ1) is 8.98. The molecule has 3 nitrogen and oxygen atoms in total. The number of rotatable bonds is 1. The number of benzene rings is 1. The second-order valence-corrected chi connectivity index (χ2v) is 5.61. The fraction of sp³-hybridized carbons (Fsp3) is 0.467. The topological polar surface area (TPSA) is 36.6 Å². The Morgan fingerprint density at radius 2 is 2.21 bits per heavy atom. The number of aliphatic hydroxyl groups is 1. The van der Waals surface area contributed by atoms with Crippen molar-refractivity contribution in [2.24, 2.45) is 0 Å². The van der Waals surface area contributed by atoms with Crippen LogP contribution in [-0.2, 0) is 5.60 Å². The minimum atomic E-state index is -0.943. The number of likely N-dealkylation sites (tertiary alicyclic amines) is 1. The van der Waals surface area contributed by atoms with Gasteiger partial charge in [-0.25, -0.2) is 4.39 Å². The molecule has 2 unspecified atom stereocenters. The van der Waals surface area contributed by atoms with E-state index in [1.54, 1.807) is 12.1 Å². The summed E-state index contributed by atoms with van der Waals surface area (Å²) >= 11 is 0. The summed E-state index contributed by atoms with van der Waals surface area (Å²) in [5.41, 5.74) is -0.321. The smallest absolute Gasteiger partial charge is 0.137 e. The molecule has 19 heavy (non-hydrogen) atoms. The molecule has 2 aromatic rings. The van der Waals surface area contributed by atoms with E-state index in [0.717, 1.165) is 6.54 Å². The summed E-state index contributed by atoms with van der Waals surface area (Å²) in [6.45, 7) is 2.91. The predicted octanol–water partition coefficient (Wildman–Crippen LogP) is 2.87. The Labute approximate surface area is 111 Å². The maximum atomic E-state index is 13.2. The standard InChI is InChI=1S/C15H18FNO2/c1-10-9-15(18,5-6-17(10)2)14-8-11-7-12(16)3-4-13(11)19-14/h3-4,7-8,10,18H,5-6,9H2,1-2H3. The van der Waals surface area contributed by atoms with E-state index in [2.05, 4.69) is 18.9 Å². The Hall–Kier alpha value is -1.39. The molecule has 102 valence electrons. The first-order valence-corrected chi connectivity index (χ1v) is 6.60. The van der Waals surface area contributed by atoms with Gasteiger partial charge in [-0.15, -0.1) is 0 Å². The second kappa shape index (κ2) is 4.32. The van der Waals surface area contributed by atoms with Gasteiger partial charge in [0.25, 0.3) is 0 Å². The van der Waals surface area contributed by atoms with Crippen molar-refractivity contribution in [3.8, 4) is 0 Å². The molecular formula is C15H18FNO2. The first kappa shape index (κ1) is 12.6. The van der Waals surface area contributed by atoms with Crippen molar-refractivity contribution < 1.29 is 13.9 Å². The lowest BCUT2D eigenvalue weighted by atomic mass is 9.85. The molecule has 2 atom stereocenters. The molecule has 0 amide bonds. The summed E-state index contributed by atoms with van der Waals surface area (Å²) in [5, 5.41) is 11.5. The van der Waals surface area contributed by atoms with E-state index in [1.165, 1.54) is 12.1 Å². The van der Waals surface area contributed by atoms with E-state index in [0.29, 0.717) is 35.6 Å². The van der Waals surface area contributed by atoms with Crippen molar-refractivity contribution >= 4 is 11.0 Å². The number of furan rings is 1. The van der Waals surface area contributed by atoms with Crippen molar-refractivity contribution in [3.05, 3.63) is 35.8 Å². The third-order valence-electron chi connectivity index (χ3n) is 4.20. The lowest BCUT2D eigenvalue weighted by molar-refractivity contribution is -0.0549. The Morgan fingerprint density at radius 3 is 2.95 bits per heavy atom. The van der Waals surface area contributed by atoms with Gasteiger partial charge in [0.2, 0.25) is 0 Å². The number of fused-ring (bicyclic) bond motifs is 1. The number of halogens is 1. The molecule has 0 spiro atoms. The fourth-order valence-electron chi connectivity index (χ4n) is 2.80. The first-order valence-electron chi connectivity index (χ1n) is 6.60. The zero-order chi connectivity index (χ0) is 13.6. The van der Waals surface area contributed by atoms with Gasteiger partial charge in [-0.05, 0) is 51.1 Å². The Bertz CT molecular complexity index is 609. The maximum absolute atomic E-state index is 13.2. The van der Waals surface area contributed by atoms with Crippen LogP contribution in [0.2, 0.25) is 0 Å². The molecule has 0 radical (unpaired) electrons. The number of piperidine rings is 1. The summed E-state index contributed by atoms with van der Waals surface area (Å²) in [7, 11) is 2.05. The third kappa shape index (κ3) is 2.15. The highest BCUT2D eigenvalue weighted by Gasteiger charge is 2.39. The Morgan fingerprint density at radius 1 is 1.42 bits per heavy atom. The molecule has 1 aliphatic rings. The molecule has 4 heteroatoms. The second-order valence-electron chi connectivity index (χ2n) is 5.61. The molecule has 1 aromatic heterocycles. The van der Waals surface area contributed by atoms with Gasteiger partial charge in [-0.1, -0.05) is 0 Å². The number of hydrogen-bond donors (Lipinski definition) is 1. The monoisotopic (exact) mass is 263 g/mol. The third-order valence-corrected chi connectivity index (χ3v) is 4.20. The van der Waals surface area contributed by atoms with E-state index in [9.17, 15) is 9.50 Å². The van der Waals surface area contributed by atoms with Crippen LogP contribution >= 0.6 is 0 Å². The summed E-state index contributed by atoms with van der Waals surface area (Å²) in [6.07, 6.45) is 1.27.